The first-order chi connectivity index (χ1) is 15.9. The molecular formula is C24H29N7O2. The lowest BCUT2D eigenvalue weighted by Gasteiger charge is -2.25. The van der Waals surface area contributed by atoms with Crippen LogP contribution in [0.15, 0.2) is 43.2 Å². The minimum atomic E-state index is -0.625. The fraction of sp³-hybridized carbons (Fsp3) is 0.375. The summed E-state index contributed by atoms with van der Waals surface area (Å²) in [5.41, 5.74) is 11.2. The van der Waals surface area contributed by atoms with Crippen molar-refractivity contribution >= 4 is 28.4 Å². The molecule has 5 rings (SSSR count). The number of fused-ring (bicyclic) bond motifs is 1. The Bertz CT molecular complexity index is 1220. The summed E-state index contributed by atoms with van der Waals surface area (Å²) < 4.78 is 2.09. The minimum absolute atomic E-state index is 0.0457. The molecule has 33 heavy (non-hydrogen) atoms. The van der Waals surface area contributed by atoms with Crippen molar-refractivity contribution in [2.75, 3.05) is 43.9 Å². The second-order valence-electron chi connectivity index (χ2n) is 8.82. The molecule has 2 unspecified atom stereocenters. The number of benzene rings is 1. The number of anilines is 2. The van der Waals surface area contributed by atoms with E-state index in [4.69, 9.17) is 5.73 Å². The number of nitrogens with two attached hydrogens (primary N) is 1. The molecule has 1 amide bonds. The van der Waals surface area contributed by atoms with Gasteiger partial charge in [0.15, 0.2) is 6.35 Å². The lowest BCUT2D eigenvalue weighted by Crippen LogP contribution is -2.36. The third-order valence-corrected chi connectivity index (χ3v) is 6.96. The third kappa shape index (κ3) is 3.44. The average molecular weight is 448 g/mol. The number of aryl methyl sites for hydroxylation is 1. The van der Waals surface area contributed by atoms with Gasteiger partial charge in [0.1, 0.15) is 17.8 Å². The van der Waals surface area contributed by atoms with Crippen LogP contribution < -0.4 is 10.6 Å². The predicted molar refractivity (Wildman–Crippen MR) is 128 cm³/mol. The van der Waals surface area contributed by atoms with Crippen molar-refractivity contribution in [1.29, 1.82) is 0 Å². The van der Waals surface area contributed by atoms with Gasteiger partial charge in [-0.3, -0.25) is 9.69 Å². The van der Waals surface area contributed by atoms with Gasteiger partial charge in [0.2, 0.25) is 5.91 Å². The first-order valence-electron chi connectivity index (χ1n) is 11.2. The maximum absolute atomic E-state index is 12.2. The summed E-state index contributed by atoms with van der Waals surface area (Å²) in [5, 5.41) is 11.3. The third-order valence-electron chi connectivity index (χ3n) is 6.96. The molecule has 3 aromatic rings. The Kier molecular flexibility index (Phi) is 5.30. The molecule has 3 N–H and O–H groups in total. The minimum Gasteiger partial charge on any atom is -0.383 e. The van der Waals surface area contributed by atoms with E-state index in [0.717, 1.165) is 53.1 Å². The molecule has 2 fully saturated rings. The molecule has 172 valence electrons. The molecule has 1 aromatic carbocycles. The number of nitrogens with zero attached hydrogens (tertiary/aromatic N) is 6. The molecule has 2 saturated heterocycles. The Balaban J connectivity index is 1.60. The fourth-order valence-corrected chi connectivity index (χ4v) is 5.19. The summed E-state index contributed by atoms with van der Waals surface area (Å²) in [6, 6.07) is 8.18. The second-order valence-corrected chi connectivity index (χ2v) is 8.82. The number of hydrogen-bond donors (Lipinski definition) is 2. The van der Waals surface area contributed by atoms with Crippen LogP contribution in [0.5, 0.6) is 0 Å². The van der Waals surface area contributed by atoms with Gasteiger partial charge in [-0.15, -0.1) is 0 Å². The SMILES string of the molecule is C=CC(=O)N1CCC(c2c(-c3ccc(N4CCN(C)C4O)cc3)c3c(N)ncnc3n2C)C1. The number of aliphatic hydroxyl groups excluding tert-OH is 1. The van der Waals surface area contributed by atoms with Gasteiger partial charge in [-0.1, -0.05) is 18.7 Å². The van der Waals surface area contributed by atoms with E-state index in [9.17, 15) is 9.90 Å². The van der Waals surface area contributed by atoms with Crippen molar-refractivity contribution < 1.29 is 9.90 Å². The number of amides is 1. The number of carbonyl (C=O) groups excluding carboxylic acids is 1. The molecule has 0 saturated carbocycles. The van der Waals surface area contributed by atoms with Crippen LogP contribution in [0, 0.1) is 0 Å². The number of hydrogen-bond acceptors (Lipinski definition) is 7. The molecule has 2 aliphatic heterocycles. The Hall–Kier alpha value is -3.43. The lowest BCUT2D eigenvalue weighted by molar-refractivity contribution is -0.125. The number of likely N-dealkylation sites (tertiary alicyclic amines) is 1. The molecule has 9 heteroatoms. The summed E-state index contributed by atoms with van der Waals surface area (Å²) in [6.07, 6.45) is 3.09. The van der Waals surface area contributed by atoms with Gasteiger partial charge in [-0.25, -0.2) is 9.97 Å². The average Bonchev–Trinajstić information content (AvgIpc) is 3.51. The van der Waals surface area contributed by atoms with E-state index in [1.165, 1.54) is 12.4 Å². The number of aromatic nitrogens is 3. The molecule has 9 nitrogen and oxygen atoms in total. The highest BCUT2D eigenvalue weighted by Gasteiger charge is 2.33. The zero-order valence-electron chi connectivity index (χ0n) is 19.0. The largest absolute Gasteiger partial charge is 0.383 e. The first-order valence-corrected chi connectivity index (χ1v) is 11.2. The van der Waals surface area contributed by atoms with Crippen molar-refractivity contribution in [2.24, 2.45) is 7.05 Å². The molecule has 2 atom stereocenters. The summed E-state index contributed by atoms with van der Waals surface area (Å²) >= 11 is 0. The van der Waals surface area contributed by atoms with Gasteiger partial charge >= 0.3 is 0 Å². The Labute approximate surface area is 192 Å². The number of rotatable bonds is 4. The zero-order valence-corrected chi connectivity index (χ0v) is 19.0. The topological polar surface area (TPSA) is 104 Å². The standard InChI is InChI=1S/C24H29N7O2/c1-4-18(32)30-10-9-16(13-30)21-19(20-22(25)26-14-27-23(20)29(21)3)15-5-7-17(8-6-15)31-12-11-28(2)24(31)33/h4-8,14,16,24,33H,1,9-13H2,2-3H3,(H2,25,26,27). The van der Waals surface area contributed by atoms with Gasteiger partial charge in [-0.05, 0) is 37.2 Å². The maximum Gasteiger partial charge on any atom is 0.245 e. The first kappa shape index (κ1) is 21.4. The van der Waals surface area contributed by atoms with Crippen LogP contribution in [0.25, 0.3) is 22.2 Å². The van der Waals surface area contributed by atoms with Gasteiger partial charge < -0.3 is 25.2 Å². The molecular weight excluding hydrogens is 418 g/mol. The van der Waals surface area contributed by atoms with Crippen molar-refractivity contribution in [3.8, 4) is 11.1 Å². The number of likely N-dealkylation sites (N-methyl/N-ethyl adjacent to an activating group) is 1. The van der Waals surface area contributed by atoms with E-state index in [1.54, 1.807) is 0 Å². The van der Waals surface area contributed by atoms with Crippen LogP contribution in [-0.4, -0.2) is 74.9 Å². The van der Waals surface area contributed by atoms with Crippen molar-refractivity contribution in [1.82, 2.24) is 24.3 Å². The quantitative estimate of drug-likeness (QED) is 0.587. The van der Waals surface area contributed by atoms with E-state index in [-0.39, 0.29) is 11.8 Å². The molecule has 2 aliphatic rings. The monoisotopic (exact) mass is 447 g/mol. The van der Waals surface area contributed by atoms with Gasteiger partial charge in [0.05, 0.1) is 5.39 Å². The van der Waals surface area contributed by atoms with Crippen LogP contribution in [0.4, 0.5) is 11.5 Å². The summed E-state index contributed by atoms with van der Waals surface area (Å²) in [4.78, 5) is 26.7. The smallest absolute Gasteiger partial charge is 0.245 e. The zero-order chi connectivity index (χ0) is 23.3. The molecule has 0 bridgehead atoms. The van der Waals surface area contributed by atoms with E-state index in [2.05, 4.69) is 33.2 Å². The number of nitrogen functional groups attached to an aromatic ring is 1. The van der Waals surface area contributed by atoms with E-state index in [1.807, 2.05) is 40.9 Å². The fourth-order valence-electron chi connectivity index (χ4n) is 5.19. The van der Waals surface area contributed by atoms with E-state index >= 15 is 0 Å². The second kappa shape index (κ2) is 8.17. The predicted octanol–water partition coefficient (Wildman–Crippen LogP) is 1.75. The highest BCUT2D eigenvalue weighted by atomic mass is 16.3. The Morgan fingerprint density at radius 3 is 2.61 bits per heavy atom. The molecule has 4 heterocycles. The lowest BCUT2D eigenvalue weighted by atomic mass is 9.94. The molecule has 2 aromatic heterocycles. The van der Waals surface area contributed by atoms with Gasteiger partial charge in [0.25, 0.3) is 0 Å². The molecule has 0 radical (unpaired) electrons. The Morgan fingerprint density at radius 1 is 1.18 bits per heavy atom. The van der Waals surface area contributed by atoms with Gasteiger partial charge in [0, 0.05) is 56.1 Å². The highest BCUT2D eigenvalue weighted by molar-refractivity contribution is 6.02. The highest BCUT2D eigenvalue weighted by Crippen LogP contribution is 2.42. The van der Waals surface area contributed by atoms with Crippen LogP contribution in [0.1, 0.15) is 18.0 Å². The van der Waals surface area contributed by atoms with Crippen molar-refractivity contribution in [3.05, 3.63) is 48.9 Å². The van der Waals surface area contributed by atoms with Crippen LogP contribution >= 0.6 is 0 Å². The molecule has 0 spiro atoms. The van der Waals surface area contributed by atoms with Crippen LogP contribution in [0.2, 0.25) is 0 Å². The summed E-state index contributed by atoms with van der Waals surface area (Å²) in [7, 11) is 3.91. The van der Waals surface area contributed by atoms with Crippen LogP contribution in [-0.2, 0) is 11.8 Å². The van der Waals surface area contributed by atoms with E-state index < -0.39 is 6.35 Å². The van der Waals surface area contributed by atoms with E-state index in [0.29, 0.717) is 18.9 Å². The summed E-state index contributed by atoms with van der Waals surface area (Å²) in [6.45, 7) is 6.52. The normalized spacial score (nSPS) is 21.3. The maximum atomic E-state index is 12.2. The number of aliphatic hydroxyl groups is 1. The van der Waals surface area contributed by atoms with Crippen molar-refractivity contribution in [2.45, 2.75) is 18.7 Å². The Morgan fingerprint density at radius 2 is 1.94 bits per heavy atom. The number of carbonyl (C=O) groups is 1. The summed E-state index contributed by atoms with van der Waals surface area (Å²) in [5.74, 6) is 0.543. The molecule has 0 aliphatic carbocycles. The van der Waals surface area contributed by atoms with Crippen LogP contribution in [0.3, 0.4) is 0 Å². The van der Waals surface area contributed by atoms with Crippen molar-refractivity contribution in [3.63, 3.8) is 0 Å². The van der Waals surface area contributed by atoms with Gasteiger partial charge in [-0.2, -0.15) is 0 Å².